The van der Waals surface area contributed by atoms with Crippen molar-refractivity contribution in [2.24, 2.45) is 11.1 Å². The summed E-state index contributed by atoms with van der Waals surface area (Å²) in [5.41, 5.74) is 6.40. The second-order valence-corrected chi connectivity index (χ2v) is 5.87. The molecule has 1 amide bonds. The van der Waals surface area contributed by atoms with Gasteiger partial charge in [-0.1, -0.05) is 0 Å². The topological polar surface area (TPSA) is 78.9 Å². The Bertz CT molecular complexity index is 483. The van der Waals surface area contributed by atoms with Crippen molar-refractivity contribution >= 4 is 22.2 Å². The maximum absolute atomic E-state index is 12.0. The van der Waals surface area contributed by atoms with Gasteiger partial charge in [-0.3, -0.25) is 4.79 Å². The summed E-state index contributed by atoms with van der Waals surface area (Å²) in [5.74, 6) is -0.155. The van der Waals surface area contributed by atoms with Gasteiger partial charge >= 0.3 is 0 Å². The van der Waals surface area contributed by atoms with Gasteiger partial charge in [-0.25, -0.2) is 0 Å². The Morgan fingerprint density at radius 3 is 2.59 bits per heavy atom. The highest BCUT2D eigenvalue weighted by atomic mass is 32.1. The Morgan fingerprint density at radius 2 is 2.12 bits per heavy atom. The molecule has 1 heterocycles. The molecular formula is C12H17N3OS. The van der Waals surface area contributed by atoms with Crippen LogP contribution in [0.1, 0.15) is 29.9 Å². The lowest BCUT2D eigenvalue weighted by atomic mass is 9.93. The van der Waals surface area contributed by atoms with E-state index in [0.717, 1.165) is 10.4 Å². The fourth-order valence-corrected chi connectivity index (χ4v) is 2.22. The molecule has 0 radical (unpaired) electrons. The number of hydrogen-bond donors (Lipinski definition) is 2. The van der Waals surface area contributed by atoms with Gasteiger partial charge in [0.1, 0.15) is 11.1 Å². The average molecular weight is 251 g/mol. The van der Waals surface area contributed by atoms with E-state index < -0.39 is 5.41 Å². The highest BCUT2D eigenvalue weighted by Crippen LogP contribution is 2.32. The van der Waals surface area contributed by atoms with Gasteiger partial charge in [0.15, 0.2) is 0 Å². The molecule has 0 saturated carbocycles. The van der Waals surface area contributed by atoms with E-state index in [9.17, 15) is 4.79 Å². The number of hydrogen-bond acceptors (Lipinski definition) is 4. The van der Waals surface area contributed by atoms with Crippen molar-refractivity contribution < 1.29 is 4.79 Å². The highest BCUT2D eigenvalue weighted by molar-refractivity contribution is 7.16. The SMILES string of the molecule is Cc1sc(NC(=O)C(C)(C)CN)c(C#N)c1C. The van der Waals surface area contributed by atoms with Crippen LogP contribution in [-0.2, 0) is 4.79 Å². The molecule has 1 aromatic rings. The third-order valence-corrected chi connectivity index (χ3v) is 3.97. The van der Waals surface area contributed by atoms with E-state index in [1.165, 1.54) is 11.3 Å². The predicted molar refractivity (Wildman–Crippen MR) is 70.0 cm³/mol. The molecule has 0 saturated heterocycles. The first-order valence-corrected chi connectivity index (χ1v) is 6.16. The van der Waals surface area contributed by atoms with Gasteiger partial charge in [0.05, 0.1) is 11.0 Å². The van der Waals surface area contributed by atoms with Gasteiger partial charge in [0.2, 0.25) is 5.91 Å². The number of rotatable bonds is 3. The lowest BCUT2D eigenvalue weighted by Crippen LogP contribution is -2.37. The number of carbonyl (C=O) groups is 1. The zero-order valence-corrected chi connectivity index (χ0v) is 11.4. The fraction of sp³-hybridized carbons (Fsp3) is 0.500. The second kappa shape index (κ2) is 4.86. The molecule has 1 aromatic heterocycles. The predicted octanol–water partition coefficient (Wildman–Crippen LogP) is 2.16. The van der Waals surface area contributed by atoms with Crippen LogP contribution >= 0.6 is 11.3 Å². The first kappa shape index (κ1) is 13.7. The Balaban J connectivity index is 3.02. The number of aryl methyl sites for hydroxylation is 1. The van der Waals surface area contributed by atoms with Crippen molar-refractivity contribution in [3.05, 3.63) is 16.0 Å². The molecule has 0 aliphatic carbocycles. The average Bonchev–Trinajstić information content (AvgIpc) is 2.54. The summed E-state index contributed by atoms with van der Waals surface area (Å²) in [7, 11) is 0. The monoisotopic (exact) mass is 251 g/mol. The lowest BCUT2D eigenvalue weighted by Gasteiger charge is -2.20. The minimum Gasteiger partial charge on any atom is -0.329 e. The molecule has 0 aromatic carbocycles. The van der Waals surface area contributed by atoms with E-state index in [4.69, 9.17) is 11.0 Å². The van der Waals surface area contributed by atoms with Crippen LogP contribution in [0.3, 0.4) is 0 Å². The fourth-order valence-electron chi connectivity index (χ4n) is 1.21. The van der Waals surface area contributed by atoms with E-state index in [-0.39, 0.29) is 12.5 Å². The highest BCUT2D eigenvalue weighted by Gasteiger charge is 2.27. The molecule has 0 bridgehead atoms. The standard InChI is InChI=1S/C12H17N3OS/c1-7-8(2)17-10(9(7)5-13)15-11(16)12(3,4)6-14/h6,14H2,1-4H3,(H,15,16). The molecule has 17 heavy (non-hydrogen) atoms. The largest absolute Gasteiger partial charge is 0.329 e. The van der Waals surface area contributed by atoms with Gasteiger partial charge in [0.25, 0.3) is 0 Å². The number of nitriles is 1. The number of nitrogens with two attached hydrogens (primary N) is 1. The van der Waals surface area contributed by atoms with Crippen molar-refractivity contribution in [3.63, 3.8) is 0 Å². The van der Waals surface area contributed by atoms with Gasteiger partial charge < -0.3 is 11.1 Å². The van der Waals surface area contributed by atoms with Crippen molar-refractivity contribution in [3.8, 4) is 6.07 Å². The van der Waals surface area contributed by atoms with Gasteiger partial charge in [-0.2, -0.15) is 5.26 Å². The number of nitrogens with one attached hydrogen (secondary N) is 1. The van der Waals surface area contributed by atoms with E-state index >= 15 is 0 Å². The van der Waals surface area contributed by atoms with Crippen LogP contribution in [0, 0.1) is 30.6 Å². The molecule has 1 rings (SSSR count). The van der Waals surface area contributed by atoms with E-state index in [2.05, 4.69) is 11.4 Å². The Kier molecular flexibility index (Phi) is 3.91. The maximum atomic E-state index is 12.0. The van der Waals surface area contributed by atoms with Gasteiger partial charge in [-0.05, 0) is 33.3 Å². The quantitative estimate of drug-likeness (QED) is 0.864. The van der Waals surface area contributed by atoms with Crippen molar-refractivity contribution in [1.29, 1.82) is 5.26 Å². The third-order valence-electron chi connectivity index (χ3n) is 2.85. The second-order valence-electron chi connectivity index (χ2n) is 4.64. The number of amides is 1. The van der Waals surface area contributed by atoms with Crippen LogP contribution in [0.15, 0.2) is 0 Å². The van der Waals surface area contributed by atoms with E-state index in [1.807, 2.05) is 13.8 Å². The molecule has 0 aliphatic heterocycles. The molecular weight excluding hydrogens is 234 g/mol. The number of thiophene rings is 1. The first-order chi connectivity index (χ1) is 7.83. The molecule has 92 valence electrons. The minimum absolute atomic E-state index is 0.155. The normalized spacial score (nSPS) is 11.1. The Hall–Kier alpha value is -1.38. The van der Waals surface area contributed by atoms with Crippen molar-refractivity contribution in [2.75, 3.05) is 11.9 Å². The number of anilines is 1. The summed E-state index contributed by atoms with van der Waals surface area (Å²) < 4.78 is 0. The number of carbonyl (C=O) groups excluding carboxylic acids is 1. The zero-order chi connectivity index (χ0) is 13.2. The van der Waals surface area contributed by atoms with Crippen molar-refractivity contribution in [2.45, 2.75) is 27.7 Å². The van der Waals surface area contributed by atoms with Crippen LogP contribution in [0.25, 0.3) is 0 Å². The molecule has 0 spiro atoms. The van der Waals surface area contributed by atoms with Crippen molar-refractivity contribution in [1.82, 2.24) is 0 Å². The summed E-state index contributed by atoms with van der Waals surface area (Å²) in [6.07, 6.45) is 0. The molecule has 0 fully saturated rings. The summed E-state index contributed by atoms with van der Waals surface area (Å²) >= 11 is 1.43. The summed E-state index contributed by atoms with van der Waals surface area (Å²) in [6.45, 7) is 7.64. The number of nitrogens with zero attached hydrogens (tertiary/aromatic N) is 1. The lowest BCUT2D eigenvalue weighted by molar-refractivity contribution is -0.123. The van der Waals surface area contributed by atoms with Crippen LogP contribution in [0.4, 0.5) is 5.00 Å². The zero-order valence-electron chi connectivity index (χ0n) is 10.5. The molecule has 3 N–H and O–H groups in total. The Labute approximate surface area is 105 Å². The smallest absolute Gasteiger partial charge is 0.231 e. The summed E-state index contributed by atoms with van der Waals surface area (Å²) in [5, 5.41) is 12.5. The molecule has 0 unspecified atom stereocenters. The third kappa shape index (κ3) is 2.65. The van der Waals surface area contributed by atoms with E-state index in [0.29, 0.717) is 10.6 Å². The van der Waals surface area contributed by atoms with Crippen LogP contribution in [0.2, 0.25) is 0 Å². The molecule has 0 atom stereocenters. The van der Waals surface area contributed by atoms with E-state index in [1.54, 1.807) is 13.8 Å². The first-order valence-electron chi connectivity index (χ1n) is 5.35. The van der Waals surface area contributed by atoms with Gasteiger partial charge in [0, 0.05) is 11.4 Å². The Morgan fingerprint density at radius 1 is 1.53 bits per heavy atom. The van der Waals surface area contributed by atoms with Gasteiger partial charge in [-0.15, -0.1) is 11.3 Å². The summed E-state index contributed by atoms with van der Waals surface area (Å²) in [4.78, 5) is 13.0. The minimum atomic E-state index is -0.626. The van der Waals surface area contributed by atoms with Crippen LogP contribution in [-0.4, -0.2) is 12.5 Å². The maximum Gasteiger partial charge on any atom is 0.231 e. The molecule has 0 aliphatic rings. The molecule has 5 heteroatoms. The molecule has 4 nitrogen and oxygen atoms in total. The summed E-state index contributed by atoms with van der Waals surface area (Å²) in [6, 6.07) is 2.12. The van der Waals surface area contributed by atoms with Crippen LogP contribution < -0.4 is 11.1 Å². The van der Waals surface area contributed by atoms with Crippen LogP contribution in [0.5, 0.6) is 0 Å².